The van der Waals surface area contributed by atoms with Gasteiger partial charge in [-0.15, -0.1) is 0 Å². The summed E-state index contributed by atoms with van der Waals surface area (Å²) in [6.07, 6.45) is 3.05. The van der Waals surface area contributed by atoms with Crippen molar-refractivity contribution in [1.82, 2.24) is 15.5 Å². The zero-order chi connectivity index (χ0) is 25.0. The molecule has 1 aliphatic heterocycles. The Kier molecular flexibility index (Phi) is 10.1. The van der Waals surface area contributed by atoms with Crippen LogP contribution in [0.5, 0.6) is 0 Å². The molecule has 3 rings (SSSR count). The van der Waals surface area contributed by atoms with Gasteiger partial charge in [0.25, 0.3) is 0 Å². The third kappa shape index (κ3) is 7.84. The molecule has 0 saturated carbocycles. The number of benzene rings is 2. The molecule has 1 fully saturated rings. The third-order valence-corrected chi connectivity index (χ3v) is 6.38. The fourth-order valence-corrected chi connectivity index (χ4v) is 4.46. The van der Waals surface area contributed by atoms with Gasteiger partial charge in [-0.1, -0.05) is 80.9 Å². The molecule has 3 amide bonds. The van der Waals surface area contributed by atoms with Gasteiger partial charge in [0.2, 0.25) is 11.8 Å². The second-order valence-corrected chi connectivity index (χ2v) is 9.11. The number of carbonyl (C=O) groups excluding carboxylic acids is 3. The first kappa shape index (κ1) is 26.3. The molecule has 7 nitrogen and oxygen atoms in total. The van der Waals surface area contributed by atoms with E-state index in [9.17, 15) is 14.4 Å². The van der Waals surface area contributed by atoms with E-state index in [1.54, 1.807) is 4.90 Å². The quantitative estimate of drug-likeness (QED) is 0.476. The number of likely N-dealkylation sites (tertiary alicyclic amines) is 1. The van der Waals surface area contributed by atoms with Crippen molar-refractivity contribution in [2.75, 3.05) is 13.1 Å². The van der Waals surface area contributed by atoms with Crippen LogP contribution in [0.2, 0.25) is 0 Å². The number of ether oxygens (including phenoxy) is 1. The highest BCUT2D eigenvalue weighted by Gasteiger charge is 2.41. The molecule has 0 radical (unpaired) electrons. The van der Waals surface area contributed by atoms with Crippen LogP contribution >= 0.6 is 0 Å². The number of nitrogens with one attached hydrogen (secondary N) is 2. The fraction of sp³-hybridized carbons (Fsp3) is 0.464. The summed E-state index contributed by atoms with van der Waals surface area (Å²) in [5.41, 5.74) is 2.06. The van der Waals surface area contributed by atoms with Crippen molar-refractivity contribution < 1.29 is 19.1 Å². The molecule has 0 spiro atoms. The van der Waals surface area contributed by atoms with Crippen LogP contribution in [0.3, 0.4) is 0 Å². The van der Waals surface area contributed by atoms with Crippen LogP contribution < -0.4 is 10.6 Å². The number of nitrogens with zero attached hydrogens (tertiary/aromatic N) is 1. The van der Waals surface area contributed by atoms with Gasteiger partial charge in [-0.25, -0.2) is 4.79 Å². The zero-order valence-electron chi connectivity index (χ0n) is 20.7. The molecule has 1 heterocycles. The highest BCUT2D eigenvalue weighted by molar-refractivity contribution is 5.91. The number of hydrogen-bond donors (Lipinski definition) is 2. The number of alkyl carbamates (subject to hydrolysis) is 1. The first-order valence-corrected chi connectivity index (χ1v) is 12.6. The van der Waals surface area contributed by atoms with Gasteiger partial charge >= 0.3 is 6.09 Å². The molecule has 7 heteroatoms. The summed E-state index contributed by atoms with van der Waals surface area (Å²) in [5.74, 6) is -0.190. The van der Waals surface area contributed by atoms with Crippen LogP contribution in [0.25, 0.3) is 0 Å². The molecule has 2 aromatic carbocycles. The average Bonchev–Trinajstić information content (AvgIpc) is 3.30. The normalized spacial score (nSPS) is 18.1. The smallest absolute Gasteiger partial charge is 0.408 e. The maximum Gasteiger partial charge on any atom is 0.408 e. The molecular weight excluding hydrogens is 442 g/mol. The standard InChI is InChI=1S/C28H37N3O4/c1-3-5-16-29-26(32)25-18-23(17-21-12-8-6-9-13-21)19-31(25)27(33)24(4-2)30-28(34)35-20-22-14-10-7-11-15-22/h6-15,23-25H,3-5,16-20H2,1-2H3,(H,29,32)(H,30,34)/t23-,24-,25-/m0/s1. The summed E-state index contributed by atoms with van der Waals surface area (Å²) >= 11 is 0. The first-order chi connectivity index (χ1) is 17.0. The van der Waals surface area contributed by atoms with E-state index < -0.39 is 18.2 Å². The number of unbranched alkanes of at least 4 members (excludes halogenated alkanes) is 1. The van der Waals surface area contributed by atoms with Gasteiger partial charge in [-0.05, 0) is 42.7 Å². The van der Waals surface area contributed by atoms with Crippen LogP contribution in [0.1, 0.15) is 50.7 Å². The highest BCUT2D eigenvalue weighted by Crippen LogP contribution is 2.28. The Bertz CT molecular complexity index is 951. The Morgan fingerprint density at radius 3 is 2.29 bits per heavy atom. The van der Waals surface area contributed by atoms with Crippen molar-refractivity contribution in [1.29, 1.82) is 0 Å². The number of rotatable bonds is 11. The molecule has 188 valence electrons. The minimum absolute atomic E-state index is 0.121. The molecule has 0 unspecified atom stereocenters. The summed E-state index contributed by atoms with van der Waals surface area (Å²) in [7, 11) is 0. The van der Waals surface area contributed by atoms with Crippen LogP contribution in [0.4, 0.5) is 4.79 Å². The van der Waals surface area contributed by atoms with Crippen molar-refractivity contribution in [3.8, 4) is 0 Å². The molecule has 2 N–H and O–H groups in total. The summed E-state index contributed by atoms with van der Waals surface area (Å²) in [4.78, 5) is 40.6. The van der Waals surface area contributed by atoms with Crippen molar-refractivity contribution >= 4 is 17.9 Å². The van der Waals surface area contributed by atoms with Crippen LogP contribution in [-0.2, 0) is 27.4 Å². The molecule has 1 aliphatic rings. The summed E-state index contributed by atoms with van der Waals surface area (Å²) in [6, 6.07) is 18.2. The van der Waals surface area contributed by atoms with Gasteiger partial charge in [-0.3, -0.25) is 9.59 Å². The zero-order valence-corrected chi connectivity index (χ0v) is 20.7. The second kappa shape index (κ2) is 13.5. The SMILES string of the molecule is CCCCNC(=O)[C@@H]1C[C@H](Cc2ccccc2)CN1C(=O)[C@H](CC)NC(=O)OCc1ccccc1. The van der Waals surface area contributed by atoms with E-state index in [4.69, 9.17) is 4.74 Å². The molecule has 0 bridgehead atoms. The highest BCUT2D eigenvalue weighted by atomic mass is 16.5. The lowest BCUT2D eigenvalue weighted by Gasteiger charge is -2.28. The first-order valence-electron chi connectivity index (χ1n) is 12.6. The van der Waals surface area contributed by atoms with Crippen LogP contribution in [0, 0.1) is 5.92 Å². The van der Waals surface area contributed by atoms with Gasteiger partial charge in [0, 0.05) is 13.1 Å². The Morgan fingerprint density at radius 1 is 1.00 bits per heavy atom. The Hall–Kier alpha value is -3.35. The minimum atomic E-state index is -0.750. The summed E-state index contributed by atoms with van der Waals surface area (Å²) in [5, 5.41) is 5.69. The molecular formula is C28H37N3O4. The fourth-order valence-electron chi connectivity index (χ4n) is 4.46. The van der Waals surface area contributed by atoms with Gasteiger partial charge in [0.1, 0.15) is 18.7 Å². The van der Waals surface area contributed by atoms with E-state index in [-0.39, 0.29) is 24.3 Å². The van der Waals surface area contributed by atoms with E-state index in [1.165, 1.54) is 5.56 Å². The van der Waals surface area contributed by atoms with Gasteiger partial charge in [0.05, 0.1) is 0 Å². The maximum atomic E-state index is 13.5. The van der Waals surface area contributed by atoms with Crippen LogP contribution in [-0.4, -0.2) is 48.0 Å². The molecule has 3 atom stereocenters. The number of amides is 3. The van der Waals surface area contributed by atoms with Crippen molar-refractivity contribution in [2.45, 2.75) is 64.6 Å². The minimum Gasteiger partial charge on any atom is -0.445 e. The number of carbonyl (C=O) groups is 3. The molecule has 0 aliphatic carbocycles. The second-order valence-electron chi connectivity index (χ2n) is 9.11. The van der Waals surface area contributed by atoms with Gasteiger partial charge < -0.3 is 20.3 Å². The lowest BCUT2D eigenvalue weighted by Crippen LogP contribution is -2.53. The van der Waals surface area contributed by atoms with E-state index in [0.29, 0.717) is 25.9 Å². The van der Waals surface area contributed by atoms with E-state index in [0.717, 1.165) is 24.8 Å². The molecule has 2 aromatic rings. The molecule has 0 aromatic heterocycles. The van der Waals surface area contributed by atoms with E-state index in [1.807, 2.05) is 55.5 Å². The number of hydrogen-bond acceptors (Lipinski definition) is 4. The van der Waals surface area contributed by atoms with Crippen molar-refractivity contribution in [2.24, 2.45) is 5.92 Å². The summed E-state index contributed by atoms with van der Waals surface area (Å²) < 4.78 is 5.31. The van der Waals surface area contributed by atoms with Gasteiger partial charge in [-0.2, -0.15) is 0 Å². The lowest BCUT2D eigenvalue weighted by atomic mass is 9.96. The average molecular weight is 480 g/mol. The van der Waals surface area contributed by atoms with E-state index in [2.05, 4.69) is 29.7 Å². The largest absolute Gasteiger partial charge is 0.445 e. The monoisotopic (exact) mass is 479 g/mol. The molecule has 35 heavy (non-hydrogen) atoms. The topological polar surface area (TPSA) is 87.7 Å². The maximum absolute atomic E-state index is 13.5. The lowest BCUT2D eigenvalue weighted by molar-refractivity contribution is -0.140. The van der Waals surface area contributed by atoms with Crippen molar-refractivity contribution in [3.63, 3.8) is 0 Å². The van der Waals surface area contributed by atoms with E-state index >= 15 is 0 Å². The predicted octanol–water partition coefficient (Wildman–Crippen LogP) is 4.07. The summed E-state index contributed by atoms with van der Waals surface area (Å²) in [6.45, 7) is 5.12. The van der Waals surface area contributed by atoms with Gasteiger partial charge in [0.15, 0.2) is 0 Å². The predicted molar refractivity (Wildman–Crippen MR) is 136 cm³/mol. The Labute approximate surface area is 208 Å². The van der Waals surface area contributed by atoms with Crippen molar-refractivity contribution in [3.05, 3.63) is 71.8 Å². The Morgan fingerprint density at radius 2 is 1.66 bits per heavy atom. The third-order valence-electron chi connectivity index (χ3n) is 6.38. The Balaban J connectivity index is 1.65. The molecule has 1 saturated heterocycles. The van der Waals surface area contributed by atoms with Crippen LogP contribution in [0.15, 0.2) is 60.7 Å².